The van der Waals surface area contributed by atoms with E-state index in [9.17, 15) is 14.9 Å². The van der Waals surface area contributed by atoms with Gasteiger partial charge in [-0.25, -0.2) is 5.43 Å². The van der Waals surface area contributed by atoms with E-state index in [1.54, 1.807) is 18.2 Å². The number of halogens is 1. The van der Waals surface area contributed by atoms with Crippen LogP contribution in [0.25, 0.3) is 0 Å². The highest BCUT2D eigenvalue weighted by atomic mass is 35.5. The maximum Gasteiger partial charge on any atom is 0.271 e. The fraction of sp³-hybridized carbons (Fsp3) is 0.0667. The molecule has 0 unspecified atom stereocenters. The fourth-order valence-corrected chi connectivity index (χ4v) is 1.92. The zero-order valence-electron chi connectivity index (χ0n) is 11.6. The Hall–Kier alpha value is -2.73. The molecule has 0 aliphatic carbocycles. The van der Waals surface area contributed by atoms with E-state index in [1.807, 2.05) is 13.0 Å². The van der Waals surface area contributed by atoms with Crippen LogP contribution in [0.1, 0.15) is 21.5 Å². The minimum Gasteiger partial charge on any atom is -0.267 e. The number of aryl methyl sites for hydroxylation is 1. The van der Waals surface area contributed by atoms with Crippen LogP contribution in [-0.2, 0) is 0 Å². The quantitative estimate of drug-likeness (QED) is 0.533. The topological polar surface area (TPSA) is 84.6 Å². The van der Waals surface area contributed by atoms with Gasteiger partial charge in [0, 0.05) is 28.3 Å². The van der Waals surface area contributed by atoms with Crippen LogP contribution in [0.2, 0.25) is 5.02 Å². The van der Waals surface area contributed by atoms with E-state index in [0.29, 0.717) is 16.1 Å². The molecule has 0 bridgehead atoms. The van der Waals surface area contributed by atoms with E-state index < -0.39 is 4.92 Å². The van der Waals surface area contributed by atoms with Gasteiger partial charge in [0.15, 0.2) is 0 Å². The highest BCUT2D eigenvalue weighted by Crippen LogP contribution is 2.20. The van der Waals surface area contributed by atoms with Gasteiger partial charge in [0.25, 0.3) is 11.6 Å². The summed E-state index contributed by atoms with van der Waals surface area (Å²) in [6, 6.07) is 11.0. The summed E-state index contributed by atoms with van der Waals surface area (Å²) in [5.41, 5.74) is 4.03. The van der Waals surface area contributed by atoms with Gasteiger partial charge in [-0.05, 0) is 25.1 Å². The maximum atomic E-state index is 11.9. The molecule has 0 radical (unpaired) electrons. The SMILES string of the molecule is Cc1cccc(C(=O)NN=Cc2cc([N+](=O)[O-])ccc2Cl)c1. The van der Waals surface area contributed by atoms with Gasteiger partial charge < -0.3 is 0 Å². The molecule has 2 rings (SSSR count). The van der Waals surface area contributed by atoms with Crippen LogP contribution >= 0.6 is 11.6 Å². The molecule has 0 saturated carbocycles. The normalized spacial score (nSPS) is 10.6. The summed E-state index contributed by atoms with van der Waals surface area (Å²) in [5, 5.41) is 14.8. The van der Waals surface area contributed by atoms with Gasteiger partial charge in [-0.3, -0.25) is 14.9 Å². The molecule has 112 valence electrons. The summed E-state index contributed by atoms with van der Waals surface area (Å²) in [6.07, 6.45) is 1.27. The third kappa shape index (κ3) is 3.89. The molecular formula is C15H12ClN3O3. The van der Waals surface area contributed by atoms with Crippen LogP contribution in [0.5, 0.6) is 0 Å². The highest BCUT2D eigenvalue weighted by molar-refractivity contribution is 6.33. The first-order valence-corrected chi connectivity index (χ1v) is 6.69. The first-order chi connectivity index (χ1) is 10.5. The van der Waals surface area contributed by atoms with Crippen molar-refractivity contribution in [2.24, 2.45) is 5.10 Å². The molecule has 0 spiro atoms. The number of nitro benzene ring substituents is 1. The summed E-state index contributed by atoms with van der Waals surface area (Å²) in [4.78, 5) is 22.1. The number of rotatable bonds is 4. The number of benzene rings is 2. The van der Waals surface area contributed by atoms with E-state index in [2.05, 4.69) is 10.5 Å². The molecule has 7 heteroatoms. The van der Waals surface area contributed by atoms with Crippen LogP contribution in [0.4, 0.5) is 5.69 Å². The Bertz CT molecular complexity index is 759. The van der Waals surface area contributed by atoms with Crippen molar-refractivity contribution in [3.8, 4) is 0 Å². The Morgan fingerprint density at radius 1 is 1.32 bits per heavy atom. The predicted molar refractivity (Wildman–Crippen MR) is 84.3 cm³/mol. The number of carbonyl (C=O) groups excluding carboxylic acids is 1. The van der Waals surface area contributed by atoms with Crippen molar-refractivity contribution in [2.75, 3.05) is 0 Å². The maximum absolute atomic E-state index is 11.9. The standard InChI is InChI=1S/C15H12ClN3O3/c1-10-3-2-4-11(7-10)15(20)18-17-9-12-8-13(19(21)22)5-6-14(12)16/h2-9H,1H3,(H,18,20). The number of amides is 1. The number of hydrogen-bond donors (Lipinski definition) is 1. The van der Waals surface area contributed by atoms with E-state index in [0.717, 1.165) is 5.56 Å². The summed E-state index contributed by atoms with van der Waals surface area (Å²) in [5.74, 6) is -0.374. The minimum atomic E-state index is -0.529. The first kappa shape index (κ1) is 15.7. The molecule has 2 aromatic carbocycles. The van der Waals surface area contributed by atoms with Crippen molar-refractivity contribution in [1.29, 1.82) is 0 Å². The Morgan fingerprint density at radius 3 is 2.77 bits per heavy atom. The molecule has 2 aromatic rings. The van der Waals surface area contributed by atoms with Crippen molar-refractivity contribution >= 4 is 29.4 Å². The molecule has 0 atom stereocenters. The fourth-order valence-electron chi connectivity index (χ4n) is 1.75. The lowest BCUT2D eigenvalue weighted by Gasteiger charge is -2.01. The zero-order valence-corrected chi connectivity index (χ0v) is 12.4. The molecule has 1 amide bonds. The number of nitrogens with one attached hydrogen (secondary N) is 1. The molecule has 1 N–H and O–H groups in total. The van der Waals surface area contributed by atoms with Crippen molar-refractivity contribution in [2.45, 2.75) is 6.92 Å². The van der Waals surface area contributed by atoms with Gasteiger partial charge in [-0.15, -0.1) is 0 Å². The molecular weight excluding hydrogens is 306 g/mol. The van der Waals surface area contributed by atoms with Crippen LogP contribution < -0.4 is 5.43 Å². The second-order valence-electron chi connectivity index (χ2n) is 4.53. The summed E-state index contributed by atoms with van der Waals surface area (Å²) in [7, 11) is 0. The molecule has 22 heavy (non-hydrogen) atoms. The summed E-state index contributed by atoms with van der Waals surface area (Å²) in [6.45, 7) is 1.88. The smallest absolute Gasteiger partial charge is 0.267 e. The monoisotopic (exact) mass is 317 g/mol. The largest absolute Gasteiger partial charge is 0.271 e. The van der Waals surface area contributed by atoms with E-state index in [4.69, 9.17) is 11.6 Å². The van der Waals surface area contributed by atoms with Crippen LogP contribution in [0, 0.1) is 17.0 Å². The molecule has 0 aliphatic heterocycles. The Morgan fingerprint density at radius 2 is 2.09 bits per heavy atom. The second kappa shape index (κ2) is 6.82. The lowest BCUT2D eigenvalue weighted by Crippen LogP contribution is -2.17. The molecule has 0 aromatic heterocycles. The Balaban J connectivity index is 2.11. The lowest BCUT2D eigenvalue weighted by molar-refractivity contribution is -0.384. The van der Waals surface area contributed by atoms with Gasteiger partial charge in [0.05, 0.1) is 11.1 Å². The third-order valence-electron chi connectivity index (χ3n) is 2.84. The molecule has 0 saturated heterocycles. The van der Waals surface area contributed by atoms with Crippen molar-refractivity contribution in [1.82, 2.24) is 5.43 Å². The van der Waals surface area contributed by atoms with Crippen molar-refractivity contribution in [3.05, 3.63) is 74.3 Å². The predicted octanol–water partition coefficient (Wildman–Crippen LogP) is 3.32. The molecule has 6 nitrogen and oxygen atoms in total. The van der Waals surface area contributed by atoms with Crippen LogP contribution in [-0.4, -0.2) is 17.0 Å². The minimum absolute atomic E-state index is 0.101. The van der Waals surface area contributed by atoms with Crippen LogP contribution in [0.15, 0.2) is 47.6 Å². The summed E-state index contributed by atoms with van der Waals surface area (Å²) >= 11 is 5.93. The zero-order chi connectivity index (χ0) is 16.1. The molecule has 0 heterocycles. The molecule has 0 fully saturated rings. The van der Waals surface area contributed by atoms with Crippen LogP contribution in [0.3, 0.4) is 0 Å². The Kier molecular flexibility index (Phi) is 4.85. The number of nitro groups is 1. The summed E-state index contributed by atoms with van der Waals surface area (Å²) < 4.78 is 0. The van der Waals surface area contributed by atoms with Gasteiger partial charge in [-0.2, -0.15) is 5.10 Å². The van der Waals surface area contributed by atoms with Gasteiger partial charge in [-0.1, -0.05) is 29.3 Å². The van der Waals surface area contributed by atoms with Gasteiger partial charge in [0.2, 0.25) is 0 Å². The second-order valence-corrected chi connectivity index (χ2v) is 4.94. The number of hydrogen-bond acceptors (Lipinski definition) is 4. The third-order valence-corrected chi connectivity index (χ3v) is 3.18. The van der Waals surface area contributed by atoms with E-state index >= 15 is 0 Å². The average molecular weight is 318 g/mol. The average Bonchev–Trinajstić information content (AvgIpc) is 2.48. The van der Waals surface area contributed by atoms with Gasteiger partial charge in [0.1, 0.15) is 0 Å². The van der Waals surface area contributed by atoms with Crippen molar-refractivity contribution in [3.63, 3.8) is 0 Å². The Labute approximate surface area is 131 Å². The van der Waals surface area contributed by atoms with E-state index in [1.165, 1.54) is 24.4 Å². The van der Waals surface area contributed by atoms with Crippen molar-refractivity contribution < 1.29 is 9.72 Å². The first-order valence-electron chi connectivity index (χ1n) is 6.31. The number of carbonyl (C=O) groups is 1. The highest BCUT2D eigenvalue weighted by Gasteiger charge is 2.08. The van der Waals surface area contributed by atoms with E-state index in [-0.39, 0.29) is 11.6 Å². The van der Waals surface area contributed by atoms with Gasteiger partial charge >= 0.3 is 0 Å². The number of non-ortho nitro benzene ring substituents is 1. The number of hydrazone groups is 1. The number of nitrogens with zero attached hydrogens (tertiary/aromatic N) is 2. The lowest BCUT2D eigenvalue weighted by atomic mass is 10.1. The molecule has 0 aliphatic rings.